The van der Waals surface area contributed by atoms with Crippen molar-refractivity contribution in [1.29, 1.82) is 0 Å². The Morgan fingerprint density at radius 3 is 2.23 bits per heavy atom. The van der Waals surface area contributed by atoms with E-state index in [0.717, 1.165) is 5.57 Å². The molecule has 0 aromatic carbocycles. The van der Waals surface area contributed by atoms with E-state index in [4.69, 9.17) is 0 Å². The van der Waals surface area contributed by atoms with Crippen molar-refractivity contribution in [2.45, 2.75) is 67.7 Å². The maximum Gasteiger partial charge on any atom is 0.175 e. The summed E-state index contributed by atoms with van der Waals surface area (Å²) in [6.07, 6.45) is 7.97. The van der Waals surface area contributed by atoms with E-state index in [-0.39, 0.29) is 11.5 Å². The lowest BCUT2D eigenvalue weighted by atomic mass is 9.70. The van der Waals surface area contributed by atoms with Crippen LogP contribution in [0.5, 0.6) is 0 Å². The number of hydrogen-bond donors (Lipinski definition) is 0. The molecule has 1 atom stereocenters. The Labute approximate surface area is 158 Å². The van der Waals surface area contributed by atoms with Crippen molar-refractivity contribution in [1.82, 2.24) is 0 Å². The first kappa shape index (κ1) is 22.0. The van der Waals surface area contributed by atoms with Crippen molar-refractivity contribution in [3.8, 4) is 0 Å². The first-order valence-corrected chi connectivity index (χ1v) is 9.31. The van der Waals surface area contributed by atoms with Crippen molar-refractivity contribution in [2.75, 3.05) is 0 Å². The molecule has 0 radical (unpaired) electrons. The third kappa shape index (κ3) is 5.48. The fourth-order valence-electron chi connectivity index (χ4n) is 3.14. The van der Waals surface area contributed by atoms with Crippen LogP contribution in [0.4, 0.5) is 0 Å². The van der Waals surface area contributed by atoms with Gasteiger partial charge in [-0.2, -0.15) is 0 Å². The number of ketones is 1. The summed E-state index contributed by atoms with van der Waals surface area (Å²) in [4.78, 5) is 25.0. The second kappa shape index (κ2) is 9.07. The first-order chi connectivity index (χ1) is 12.0. The quantitative estimate of drug-likeness (QED) is 0.353. The van der Waals surface area contributed by atoms with Gasteiger partial charge in [0, 0.05) is 0 Å². The van der Waals surface area contributed by atoms with Gasteiger partial charge in [-0.05, 0) is 76.1 Å². The van der Waals surface area contributed by atoms with Crippen LogP contribution in [0.3, 0.4) is 0 Å². The van der Waals surface area contributed by atoms with Crippen LogP contribution in [0.1, 0.15) is 67.7 Å². The minimum atomic E-state index is -0.675. The number of hydrogen-bond acceptors (Lipinski definition) is 3. The van der Waals surface area contributed by atoms with Crippen molar-refractivity contribution in [3.05, 3.63) is 63.3 Å². The Hall–Kier alpha value is -2.03. The molecule has 26 heavy (non-hydrogen) atoms. The summed E-state index contributed by atoms with van der Waals surface area (Å²) < 4.78 is 0. The van der Waals surface area contributed by atoms with Gasteiger partial charge in [0.1, 0.15) is 5.70 Å². The highest BCUT2D eigenvalue weighted by molar-refractivity contribution is 6.07. The molecule has 0 heterocycles. The zero-order valence-electron chi connectivity index (χ0n) is 17.4. The average molecular weight is 356 g/mol. The van der Waals surface area contributed by atoms with Gasteiger partial charge >= 0.3 is 0 Å². The lowest BCUT2D eigenvalue weighted by molar-refractivity contribution is -0.121. The molecule has 142 valence electrons. The predicted molar refractivity (Wildman–Crippen MR) is 111 cm³/mol. The van der Waals surface area contributed by atoms with E-state index in [1.165, 1.54) is 11.1 Å². The molecule has 3 nitrogen and oxygen atoms in total. The molecule has 0 saturated carbocycles. The van der Waals surface area contributed by atoms with Crippen LogP contribution in [0, 0.1) is 16.2 Å². The van der Waals surface area contributed by atoms with Gasteiger partial charge < -0.3 is 0 Å². The zero-order chi connectivity index (χ0) is 20.1. The second-order valence-corrected chi connectivity index (χ2v) is 8.40. The average Bonchev–Trinajstić information content (AvgIpc) is 2.52. The summed E-state index contributed by atoms with van der Waals surface area (Å²) in [7, 11) is 0. The molecule has 0 saturated heterocycles. The Bertz CT molecular complexity index is 708. The van der Waals surface area contributed by atoms with E-state index in [0.29, 0.717) is 36.3 Å². The molecule has 0 aromatic heterocycles. The van der Waals surface area contributed by atoms with Crippen LogP contribution in [0.2, 0.25) is 0 Å². The third-order valence-electron chi connectivity index (χ3n) is 4.54. The highest BCUT2D eigenvalue weighted by Gasteiger charge is 2.39. The summed E-state index contributed by atoms with van der Waals surface area (Å²) in [5.41, 5.74) is 3.90. The summed E-state index contributed by atoms with van der Waals surface area (Å²) in [6, 6.07) is 0. The fourth-order valence-corrected chi connectivity index (χ4v) is 3.14. The van der Waals surface area contributed by atoms with Crippen LogP contribution in [0.25, 0.3) is 0 Å². The van der Waals surface area contributed by atoms with E-state index in [1.54, 1.807) is 0 Å². The number of allylic oxidation sites excluding steroid dienone is 8. The molecule has 0 spiro atoms. The number of Topliss-reactive ketones (excluding diaryl/α,β-unsaturated/α-hetero) is 1. The molecule has 3 heteroatoms. The van der Waals surface area contributed by atoms with Crippen LogP contribution in [-0.2, 0) is 4.79 Å². The van der Waals surface area contributed by atoms with E-state index in [9.17, 15) is 9.70 Å². The summed E-state index contributed by atoms with van der Waals surface area (Å²) in [5, 5.41) is 3.26. The minimum absolute atomic E-state index is 0.0452. The van der Waals surface area contributed by atoms with Crippen molar-refractivity contribution in [2.24, 2.45) is 16.5 Å². The van der Waals surface area contributed by atoms with Gasteiger partial charge in [0.25, 0.3) is 0 Å². The van der Waals surface area contributed by atoms with Crippen LogP contribution in [-0.4, -0.2) is 5.78 Å². The standard InChI is InChI=1S/C23H33NO2/c1-15(2)9-10-19-14-23(8,12-11-16(3)4)22(25)20(21(19)24-26)18(7)13-17(5)6/h9,11,14,17H,7,10,12-13H2,1-6,8H3/t23-/m1/s1. The van der Waals surface area contributed by atoms with Crippen molar-refractivity contribution in [3.63, 3.8) is 0 Å². The molecule has 0 fully saturated rings. The molecule has 0 bridgehead atoms. The number of carbonyl (C=O) groups excluding carboxylic acids is 1. The minimum Gasteiger partial charge on any atom is -0.293 e. The van der Waals surface area contributed by atoms with E-state index in [2.05, 4.69) is 37.8 Å². The molecule has 0 aromatic rings. The maximum absolute atomic E-state index is 13.3. The molecule has 0 aliphatic heterocycles. The topological polar surface area (TPSA) is 46.5 Å². The SMILES string of the molecule is C=C(CC(C)C)C1=C(N=O)C(CC=C(C)C)=C[C@@](C)(CC=C(C)C)C1=O. The number of nitrogens with zero attached hydrogens (tertiary/aromatic N) is 1. The smallest absolute Gasteiger partial charge is 0.175 e. The van der Waals surface area contributed by atoms with E-state index >= 15 is 0 Å². The maximum atomic E-state index is 13.3. The summed E-state index contributed by atoms with van der Waals surface area (Å²) >= 11 is 0. The number of carbonyl (C=O) groups is 1. The Balaban J connectivity index is 3.53. The van der Waals surface area contributed by atoms with Gasteiger partial charge in [-0.1, -0.05) is 49.8 Å². The van der Waals surface area contributed by atoms with E-state index in [1.807, 2.05) is 40.7 Å². The second-order valence-electron chi connectivity index (χ2n) is 8.40. The molecule has 1 aliphatic rings. The highest BCUT2D eigenvalue weighted by Crippen LogP contribution is 2.42. The fraction of sp³-hybridized carbons (Fsp3) is 0.522. The lowest BCUT2D eigenvalue weighted by Crippen LogP contribution is -2.32. The summed E-state index contributed by atoms with van der Waals surface area (Å²) in [5.74, 6) is 0.308. The molecule has 1 aliphatic carbocycles. The van der Waals surface area contributed by atoms with Crippen molar-refractivity contribution >= 4 is 5.78 Å². The number of nitroso groups, excluding NO2 is 1. The third-order valence-corrected chi connectivity index (χ3v) is 4.54. The van der Waals surface area contributed by atoms with Crippen LogP contribution >= 0.6 is 0 Å². The van der Waals surface area contributed by atoms with Gasteiger partial charge in [-0.3, -0.25) is 4.79 Å². The van der Waals surface area contributed by atoms with Gasteiger partial charge in [0.15, 0.2) is 5.78 Å². The largest absolute Gasteiger partial charge is 0.293 e. The lowest BCUT2D eigenvalue weighted by Gasteiger charge is -2.32. The number of rotatable bonds is 8. The Morgan fingerprint density at radius 2 is 1.77 bits per heavy atom. The monoisotopic (exact) mass is 355 g/mol. The molecule has 0 N–H and O–H groups in total. The zero-order valence-corrected chi connectivity index (χ0v) is 17.4. The first-order valence-electron chi connectivity index (χ1n) is 9.31. The van der Waals surface area contributed by atoms with Crippen LogP contribution in [0.15, 0.2) is 63.5 Å². The molecule has 0 amide bonds. The predicted octanol–water partition coefficient (Wildman–Crippen LogP) is 6.84. The molecular weight excluding hydrogens is 322 g/mol. The van der Waals surface area contributed by atoms with E-state index < -0.39 is 5.41 Å². The molecule has 0 unspecified atom stereocenters. The van der Waals surface area contributed by atoms with Gasteiger partial charge in [0.2, 0.25) is 0 Å². The van der Waals surface area contributed by atoms with Crippen molar-refractivity contribution < 1.29 is 4.79 Å². The highest BCUT2D eigenvalue weighted by atomic mass is 16.3. The van der Waals surface area contributed by atoms with Gasteiger partial charge in [-0.25, -0.2) is 0 Å². The summed E-state index contributed by atoms with van der Waals surface area (Å²) in [6.45, 7) is 18.3. The van der Waals surface area contributed by atoms with Gasteiger partial charge in [0.05, 0.1) is 11.0 Å². The Morgan fingerprint density at radius 1 is 1.19 bits per heavy atom. The molecular formula is C23H33NO2. The molecule has 1 rings (SSSR count). The van der Waals surface area contributed by atoms with Gasteiger partial charge in [-0.15, -0.1) is 4.91 Å². The Kier molecular flexibility index (Phi) is 7.68. The normalized spacial score (nSPS) is 20.0. The van der Waals surface area contributed by atoms with Crippen LogP contribution < -0.4 is 0 Å².